The molecule has 0 bridgehead atoms. The molecule has 0 aliphatic carbocycles. The summed E-state index contributed by atoms with van der Waals surface area (Å²) in [4.78, 5) is 12.8. The highest BCUT2D eigenvalue weighted by Gasteiger charge is 2.24. The second-order valence-electron chi connectivity index (χ2n) is 7.23. The molecule has 170 valence electrons. The van der Waals surface area contributed by atoms with Gasteiger partial charge in [-0.05, 0) is 35.4 Å². The van der Waals surface area contributed by atoms with Crippen LogP contribution in [0.15, 0.2) is 78.2 Å². The van der Waals surface area contributed by atoms with Crippen LogP contribution in [0.3, 0.4) is 0 Å². The first kappa shape index (κ1) is 22.8. The van der Waals surface area contributed by atoms with Crippen molar-refractivity contribution in [2.45, 2.75) is 6.54 Å². The van der Waals surface area contributed by atoms with E-state index in [9.17, 15) is 13.2 Å². The lowest BCUT2D eigenvalue weighted by Crippen LogP contribution is -2.36. The molecule has 7 nitrogen and oxygen atoms in total. The number of halogens is 1. The molecule has 0 saturated carbocycles. The number of hydrogen-bond acceptors (Lipinski definition) is 5. The molecule has 1 N–H and O–H groups in total. The fraction of sp³-hybridized carbons (Fsp3) is 0.125. The first-order valence-electron chi connectivity index (χ1n) is 10.1. The maximum absolute atomic E-state index is 13.1. The lowest BCUT2D eigenvalue weighted by Gasteiger charge is -2.20. The number of rotatable bonds is 8. The Morgan fingerprint density at radius 1 is 1.00 bits per heavy atom. The summed E-state index contributed by atoms with van der Waals surface area (Å²) in [5, 5.41) is 4.22. The zero-order chi connectivity index (χ0) is 23.3. The zero-order valence-electron chi connectivity index (χ0n) is 17.5. The Kier molecular flexibility index (Phi) is 6.98. The zero-order valence-corrected chi connectivity index (χ0v) is 19.1. The molecule has 0 spiro atoms. The number of amides is 1. The normalized spacial score (nSPS) is 12.9. The van der Waals surface area contributed by atoms with Gasteiger partial charge in [0.25, 0.3) is 0 Å². The standard InChI is InChI=1S/C24H21ClN2O5S/c25-21-9-5-4-8-19(21)15-27(33(29,30)13-12-18-6-2-1-3-7-18)16-24(28)26-20-10-11-22-23(14-20)32-17-31-22/h1-14H,15-17H2,(H,26,28)/b13-12+. The van der Waals surface area contributed by atoms with Crippen molar-refractivity contribution < 1.29 is 22.7 Å². The number of nitrogens with one attached hydrogen (secondary N) is 1. The van der Waals surface area contributed by atoms with Crippen molar-refractivity contribution >= 4 is 39.3 Å². The van der Waals surface area contributed by atoms with Crippen molar-refractivity contribution in [2.75, 3.05) is 18.7 Å². The highest BCUT2D eigenvalue weighted by atomic mass is 35.5. The van der Waals surface area contributed by atoms with Crippen LogP contribution >= 0.6 is 11.6 Å². The average molecular weight is 485 g/mol. The van der Waals surface area contributed by atoms with Crippen LogP contribution in [0, 0.1) is 0 Å². The van der Waals surface area contributed by atoms with E-state index in [1.165, 1.54) is 6.08 Å². The van der Waals surface area contributed by atoms with E-state index in [4.69, 9.17) is 21.1 Å². The van der Waals surface area contributed by atoms with Gasteiger partial charge in [0.1, 0.15) is 0 Å². The Morgan fingerprint density at radius 2 is 1.73 bits per heavy atom. The number of carbonyl (C=O) groups excluding carboxylic acids is 1. The van der Waals surface area contributed by atoms with Gasteiger partial charge in [-0.25, -0.2) is 8.42 Å². The number of sulfonamides is 1. The van der Waals surface area contributed by atoms with Gasteiger partial charge in [0.2, 0.25) is 22.7 Å². The predicted octanol–water partition coefficient (Wildman–Crippen LogP) is 4.51. The van der Waals surface area contributed by atoms with Gasteiger partial charge in [-0.1, -0.05) is 60.1 Å². The summed E-state index contributed by atoms with van der Waals surface area (Å²) in [6, 6.07) is 20.9. The Labute approximate surface area is 197 Å². The number of benzene rings is 3. The van der Waals surface area contributed by atoms with Crippen LogP contribution in [0.25, 0.3) is 6.08 Å². The van der Waals surface area contributed by atoms with Crippen LogP contribution in [0.2, 0.25) is 5.02 Å². The van der Waals surface area contributed by atoms with Gasteiger partial charge in [0, 0.05) is 28.7 Å². The van der Waals surface area contributed by atoms with E-state index in [1.54, 1.807) is 54.6 Å². The van der Waals surface area contributed by atoms with Gasteiger partial charge in [-0.15, -0.1) is 0 Å². The maximum Gasteiger partial charge on any atom is 0.239 e. The van der Waals surface area contributed by atoms with Crippen LogP contribution in [-0.2, 0) is 21.4 Å². The number of hydrogen-bond donors (Lipinski definition) is 1. The van der Waals surface area contributed by atoms with Gasteiger partial charge in [0.05, 0.1) is 6.54 Å². The molecule has 0 fully saturated rings. The van der Waals surface area contributed by atoms with Gasteiger partial charge < -0.3 is 14.8 Å². The quantitative estimate of drug-likeness (QED) is 0.508. The highest BCUT2D eigenvalue weighted by Crippen LogP contribution is 2.34. The van der Waals surface area contributed by atoms with Gasteiger partial charge >= 0.3 is 0 Å². The van der Waals surface area contributed by atoms with Crippen LogP contribution in [0.1, 0.15) is 11.1 Å². The molecule has 9 heteroatoms. The molecule has 3 aromatic carbocycles. The Hall–Kier alpha value is -3.33. The average Bonchev–Trinajstić information content (AvgIpc) is 3.27. The fourth-order valence-electron chi connectivity index (χ4n) is 3.20. The van der Waals surface area contributed by atoms with E-state index >= 15 is 0 Å². The highest BCUT2D eigenvalue weighted by molar-refractivity contribution is 7.92. The molecule has 4 rings (SSSR count). The van der Waals surface area contributed by atoms with Crippen molar-refractivity contribution in [3.05, 3.63) is 94.4 Å². The second-order valence-corrected chi connectivity index (χ2v) is 9.46. The first-order chi connectivity index (χ1) is 15.9. The molecule has 0 radical (unpaired) electrons. The molecular formula is C24H21ClN2O5S. The summed E-state index contributed by atoms with van der Waals surface area (Å²) < 4.78 is 37.9. The third-order valence-electron chi connectivity index (χ3n) is 4.87. The van der Waals surface area contributed by atoms with Crippen LogP contribution in [0.4, 0.5) is 5.69 Å². The monoisotopic (exact) mass is 484 g/mol. The van der Waals surface area contributed by atoms with E-state index in [0.29, 0.717) is 27.8 Å². The minimum absolute atomic E-state index is 0.0598. The summed E-state index contributed by atoms with van der Waals surface area (Å²) in [6.45, 7) is -0.346. The largest absolute Gasteiger partial charge is 0.454 e. The summed E-state index contributed by atoms with van der Waals surface area (Å²) in [5.74, 6) is 0.596. The van der Waals surface area contributed by atoms with Crippen molar-refractivity contribution in [3.63, 3.8) is 0 Å². The molecule has 0 saturated heterocycles. The molecule has 1 amide bonds. The van der Waals surface area contributed by atoms with E-state index in [-0.39, 0.29) is 13.3 Å². The lowest BCUT2D eigenvalue weighted by molar-refractivity contribution is -0.116. The fourth-order valence-corrected chi connectivity index (χ4v) is 4.52. The molecule has 0 unspecified atom stereocenters. The molecule has 0 atom stereocenters. The smallest absolute Gasteiger partial charge is 0.239 e. The van der Waals surface area contributed by atoms with E-state index in [1.807, 2.05) is 18.2 Å². The van der Waals surface area contributed by atoms with Crippen molar-refractivity contribution in [2.24, 2.45) is 0 Å². The number of ether oxygens (including phenoxy) is 2. The van der Waals surface area contributed by atoms with Crippen molar-refractivity contribution in [1.29, 1.82) is 0 Å². The van der Waals surface area contributed by atoms with Crippen LogP contribution < -0.4 is 14.8 Å². The minimum Gasteiger partial charge on any atom is -0.454 e. The third-order valence-corrected chi connectivity index (χ3v) is 6.70. The molecule has 0 aromatic heterocycles. The summed E-state index contributed by atoms with van der Waals surface area (Å²) in [5.41, 5.74) is 1.79. The van der Waals surface area contributed by atoms with Crippen molar-refractivity contribution in [3.8, 4) is 11.5 Å². The summed E-state index contributed by atoms with van der Waals surface area (Å²) in [7, 11) is -3.94. The molecule has 3 aromatic rings. The number of anilines is 1. The number of fused-ring (bicyclic) bond motifs is 1. The number of nitrogens with zero attached hydrogens (tertiary/aromatic N) is 1. The Morgan fingerprint density at radius 3 is 2.52 bits per heavy atom. The first-order valence-corrected chi connectivity index (χ1v) is 11.9. The Balaban J connectivity index is 1.54. The third kappa shape index (κ3) is 5.92. The summed E-state index contributed by atoms with van der Waals surface area (Å²) in [6.07, 6.45) is 1.49. The van der Waals surface area contributed by atoms with Gasteiger partial charge in [-0.2, -0.15) is 4.31 Å². The van der Waals surface area contributed by atoms with E-state index in [2.05, 4.69) is 5.32 Å². The second kappa shape index (κ2) is 10.1. The van der Waals surface area contributed by atoms with Crippen LogP contribution in [-0.4, -0.2) is 32.0 Å². The SMILES string of the molecule is O=C(CN(Cc1ccccc1Cl)S(=O)(=O)/C=C/c1ccccc1)Nc1ccc2c(c1)OCO2. The molecule has 33 heavy (non-hydrogen) atoms. The summed E-state index contributed by atoms with van der Waals surface area (Å²) >= 11 is 6.25. The molecule has 1 heterocycles. The van der Waals surface area contributed by atoms with Gasteiger partial charge in [-0.3, -0.25) is 4.79 Å². The Bertz CT molecular complexity index is 1280. The van der Waals surface area contributed by atoms with Gasteiger partial charge in [0.15, 0.2) is 11.5 Å². The number of carbonyl (C=O) groups is 1. The van der Waals surface area contributed by atoms with Crippen LogP contribution in [0.5, 0.6) is 11.5 Å². The molecular weight excluding hydrogens is 464 g/mol. The van der Waals surface area contributed by atoms with E-state index in [0.717, 1.165) is 15.3 Å². The maximum atomic E-state index is 13.1. The minimum atomic E-state index is -3.94. The van der Waals surface area contributed by atoms with E-state index < -0.39 is 22.5 Å². The molecule has 1 aliphatic heterocycles. The topological polar surface area (TPSA) is 84.9 Å². The lowest BCUT2D eigenvalue weighted by atomic mass is 10.2. The predicted molar refractivity (Wildman–Crippen MR) is 127 cm³/mol. The van der Waals surface area contributed by atoms with Crippen molar-refractivity contribution in [1.82, 2.24) is 4.31 Å². The molecule has 1 aliphatic rings.